The number of nitrogens with zero attached hydrogens (tertiary/aromatic N) is 2. The third kappa shape index (κ3) is 1.40. The number of aromatic nitrogens is 3. The predicted molar refractivity (Wildman–Crippen MR) is 75.8 cm³/mol. The van der Waals surface area contributed by atoms with Gasteiger partial charge in [-0.15, -0.1) is 0 Å². The first-order chi connectivity index (χ1) is 9.24. The molecule has 92 valence electrons. The van der Waals surface area contributed by atoms with Crippen LogP contribution in [0.3, 0.4) is 0 Å². The highest BCUT2D eigenvalue weighted by Gasteiger charge is 2.10. The standard InChI is InChI=1S/C14H8ClN3O/c15-8-5-6-12-11(7-8)17-14-16-10-4-2-1-3-9(10)13(19)18(12)14/h1-7H,(H,16,17). The molecule has 0 radical (unpaired) electrons. The minimum Gasteiger partial charge on any atom is -0.323 e. The monoisotopic (exact) mass is 269 g/mol. The van der Waals surface area contributed by atoms with Gasteiger partial charge in [-0.05, 0) is 30.3 Å². The Kier molecular flexibility index (Phi) is 2.00. The molecule has 0 amide bonds. The van der Waals surface area contributed by atoms with E-state index in [-0.39, 0.29) is 5.56 Å². The zero-order valence-electron chi connectivity index (χ0n) is 9.72. The minimum atomic E-state index is -0.0748. The Balaban J connectivity index is 2.33. The largest absolute Gasteiger partial charge is 0.323 e. The molecule has 0 aliphatic carbocycles. The van der Waals surface area contributed by atoms with Crippen LogP contribution in [-0.4, -0.2) is 14.4 Å². The highest BCUT2D eigenvalue weighted by atomic mass is 35.5. The smallest absolute Gasteiger partial charge is 0.267 e. The maximum Gasteiger partial charge on any atom is 0.267 e. The van der Waals surface area contributed by atoms with Crippen molar-refractivity contribution in [1.82, 2.24) is 14.4 Å². The van der Waals surface area contributed by atoms with Crippen molar-refractivity contribution in [2.24, 2.45) is 0 Å². The van der Waals surface area contributed by atoms with Crippen LogP contribution in [0, 0.1) is 0 Å². The van der Waals surface area contributed by atoms with E-state index in [2.05, 4.69) is 9.97 Å². The fraction of sp³-hybridized carbons (Fsp3) is 0. The van der Waals surface area contributed by atoms with Crippen molar-refractivity contribution in [1.29, 1.82) is 0 Å². The molecule has 1 N–H and O–H groups in total. The third-order valence-electron chi connectivity index (χ3n) is 3.22. The lowest BCUT2D eigenvalue weighted by Gasteiger charge is -1.98. The van der Waals surface area contributed by atoms with Crippen molar-refractivity contribution < 1.29 is 0 Å². The molecule has 0 spiro atoms. The molecule has 2 aromatic carbocycles. The van der Waals surface area contributed by atoms with Gasteiger partial charge in [0.15, 0.2) is 0 Å². The average molecular weight is 270 g/mol. The van der Waals surface area contributed by atoms with E-state index in [1.165, 1.54) is 0 Å². The van der Waals surface area contributed by atoms with E-state index in [0.29, 0.717) is 21.7 Å². The number of para-hydroxylation sites is 1. The number of H-pyrrole nitrogens is 1. The highest BCUT2D eigenvalue weighted by Crippen LogP contribution is 2.20. The van der Waals surface area contributed by atoms with Gasteiger partial charge in [0.05, 0.1) is 21.9 Å². The summed E-state index contributed by atoms with van der Waals surface area (Å²) in [5, 5.41) is 1.23. The van der Waals surface area contributed by atoms with Crippen LogP contribution in [0.5, 0.6) is 0 Å². The van der Waals surface area contributed by atoms with Crippen LogP contribution >= 0.6 is 11.6 Å². The molecular weight excluding hydrogens is 262 g/mol. The molecule has 5 heteroatoms. The number of halogens is 1. The first kappa shape index (κ1) is 10.6. The van der Waals surface area contributed by atoms with Crippen LogP contribution in [-0.2, 0) is 0 Å². The number of nitrogens with one attached hydrogen (secondary N) is 1. The molecule has 0 atom stereocenters. The highest BCUT2D eigenvalue weighted by molar-refractivity contribution is 6.31. The lowest BCUT2D eigenvalue weighted by molar-refractivity contribution is 1.12. The zero-order valence-corrected chi connectivity index (χ0v) is 10.5. The Bertz CT molecular complexity index is 1000. The van der Waals surface area contributed by atoms with Crippen LogP contribution in [0.4, 0.5) is 0 Å². The molecule has 4 rings (SSSR count). The van der Waals surface area contributed by atoms with Crippen molar-refractivity contribution in [3.8, 4) is 0 Å². The molecule has 0 saturated heterocycles. The second-order valence-electron chi connectivity index (χ2n) is 4.38. The van der Waals surface area contributed by atoms with Crippen LogP contribution < -0.4 is 5.56 Å². The van der Waals surface area contributed by atoms with Crippen LogP contribution in [0.15, 0.2) is 47.3 Å². The molecule has 4 nitrogen and oxygen atoms in total. The summed E-state index contributed by atoms with van der Waals surface area (Å²) >= 11 is 5.96. The van der Waals surface area contributed by atoms with Crippen molar-refractivity contribution in [2.45, 2.75) is 0 Å². The fourth-order valence-corrected chi connectivity index (χ4v) is 2.54. The number of aromatic amines is 1. The second kappa shape index (κ2) is 3.59. The Labute approximate surface area is 112 Å². The maximum atomic E-state index is 12.5. The lowest BCUT2D eigenvalue weighted by atomic mass is 10.2. The average Bonchev–Trinajstić information content (AvgIpc) is 2.76. The summed E-state index contributed by atoms with van der Waals surface area (Å²) in [7, 11) is 0. The summed E-state index contributed by atoms with van der Waals surface area (Å²) in [6.07, 6.45) is 0. The first-order valence-electron chi connectivity index (χ1n) is 5.83. The number of fused-ring (bicyclic) bond motifs is 4. The molecule has 0 fully saturated rings. The van der Waals surface area contributed by atoms with E-state index in [1.807, 2.05) is 24.3 Å². The van der Waals surface area contributed by atoms with Gasteiger partial charge in [0, 0.05) is 5.02 Å². The number of imidazole rings is 1. The molecule has 0 saturated carbocycles. The van der Waals surface area contributed by atoms with Gasteiger partial charge in [0.2, 0.25) is 5.78 Å². The summed E-state index contributed by atoms with van der Waals surface area (Å²) in [5.41, 5.74) is 2.19. The van der Waals surface area contributed by atoms with Gasteiger partial charge in [0.1, 0.15) is 0 Å². The summed E-state index contributed by atoms with van der Waals surface area (Å²) in [6, 6.07) is 12.7. The van der Waals surface area contributed by atoms with Crippen LogP contribution in [0.1, 0.15) is 0 Å². The molecule has 2 heterocycles. The number of hydrogen-bond acceptors (Lipinski definition) is 2. The van der Waals surface area contributed by atoms with E-state index in [4.69, 9.17) is 11.6 Å². The quantitative estimate of drug-likeness (QED) is 0.533. The van der Waals surface area contributed by atoms with Crippen molar-refractivity contribution in [3.63, 3.8) is 0 Å². The van der Waals surface area contributed by atoms with Gasteiger partial charge >= 0.3 is 0 Å². The van der Waals surface area contributed by atoms with Crippen molar-refractivity contribution in [3.05, 3.63) is 57.8 Å². The van der Waals surface area contributed by atoms with Crippen molar-refractivity contribution in [2.75, 3.05) is 0 Å². The topological polar surface area (TPSA) is 50.2 Å². The zero-order chi connectivity index (χ0) is 13.0. The molecule has 0 aliphatic rings. The Morgan fingerprint density at radius 3 is 2.89 bits per heavy atom. The summed E-state index contributed by atoms with van der Waals surface area (Å²) < 4.78 is 1.58. The van der Waals surface area contributed by atoms with Gasteiger partial charge in [-0.3, -0.25) is 4.79 Å². The van der Waals surface area contributed by atoms with E-state index < -0.39 is 0 Å². The lowest BCUT2D eigenvalue weighted by Crippen LogP contribution is -2.13. The maximum absolute atomic E-state index is 12.5. The number of hydrogen-bond donors (Lipinski definition) is 1. The third-order valence-corrected chi connectivity index (χ3v) is 3.46. The van der Waals surface area contributed by atoms with Gasteiger partial charge in [-0.25, -0.2) is 9.38 Å². The predicted octanol–water partition coefficient (Wildman–Crippen LogP) is 2.98. The molecule has 0 bridgehead atoms. The van der Waals surface area contributed by atoms with Crippen LogP contribution in [0.25, 0.3) is 27.7 Å². The number of benzene rings is 2. The molecule has 4 aromatic rings. The molecular formula is C14H8ClN3O. The Hall–Kier alpha value is -2.33. The van der Waals surface area contributed by atoms with E-state index in [9.17, 15) is 4.79 Å². The molecule has 19 heavy (non-hydrogen) atoms. The first-order valence-corrected chi connectivity index (χ1v) is 6.20. The Morgan fingerprint density at radius 1 is 1.16 bits per heavy atom. The van der Waals surface area contributed by atoms with Gasteiger partial charge in [0.25, 0.3) is 5.56 Å². The molecule has 0 unspecified atom stereocenters. The normalized spacial score (nSPS) is 11.6. The van der Waals surface area contributed by atoms with E-state index >= 15 is 0 Å². The summed E-state index contributed by atoms with van der Waals surface area (Å²) in [5.74, 6) is 0.529. The molecule has 2 aromatic heterocycles. The fourth-order valence-electron chi connectivity index (χ4n) is 2.36. The van der Waals surface area contributed by atoms with Crippen LogP contribution in [0.2, 0.25) is 5.02 Å². The Morgan fingerprint density at radius 2 is 2.00 bits per heavy atom. The van der Waals surface area contributed by atoms with E-state index in [0.717, 1.165) is 11.0 Å². The SMILES string of the molecule is O=c1c2ccccc2nc2[nH]c3cc(Cl)ccc3n12. The van der Waals surface area contributed by atoms with Gasteiger partial charge in [-0.1, -0.05) is 23.7 Å². The van der Waals surface area contributed by atoms with Gasteiger partial charge in [-0.2, -0.15) is 0 Å². The summed E-state index contributed by atoms with van der Waals surface area (Å²) in [6.45, 7) is 0. The van der Waals surface area contributed by atoms with Gasteiger partial charge < -0.3 is 4.98 Å². The minimum absolute atomic E-state index is 0.0748. The summed E-state index contributed by atoms with van der Waals surface area (Å²) in [4.78, 5) is 20.1. The number of rotatable bonds is 0. The van der Waals surface area contributed by atoms with Crippen molar-refractivity contribution >= 4 is 39.3 Å². The molecule has 0 aliphatic heterocycles. The second-order valence-corrected chi connectivity index (χ2v) is 4.82. The van der Waals surface area contributed by atoms with E-state index in [1.54, 1.807) is 22.6 Å².